The first-order chi connectivity index (χ1) is 13.7. The molecule has 148 valence electrons. The van der Waals surface area contributed by atoms with Crippen molar-refractivity contribution in [1.29, 1.82) is 0 Å². The van der Waals surface area contributed by atoms with Gasteiger partial charge in [-0.1, -0.05) is 12.1 Å². The van der Waals surface area contributed by atoms with Gasteiger partial charge in [-0.15, -0.1) is 10.2 Å². The topological polar surface area (TPSA) is 82.7 Å². The summed E-state index contributed by atoms with van der Waals surface area (Å²) >= 11 is 0. The standard InChI is InChI=1S/C20H28N8/c1-4-21-20(24-15-19-26-25-18-9-7-8-12-28(18)19)23-14-16-10-11-17(22-13-16)27(5-2)6-3/h7-13H,4-6,14-15H2,1-3H3,(H2,21,23,24). The van der Waals surface area contributed by atoms with Crippen molar-refractivity contribution < 1.29 is 0 Å². The highest BCUT2D eigenvalue weighted by Gasteiger charge is 2.06. The highest BCUT2D eigenvalue weighted by molar-refractivity contribution is 5.79. The van der Waals surface area contributed by atoms with Crippen LogP contribution in [0.15, 0.2) is 47.7 Å². The smallest absolute Gasteiger partial charge is 0.191 e. The molecule has 0 saturated carbocycles. The van der Waals surface area contributed by atoms with Gasteiger partial charge in [0.15, 0.2) is 17.4 Å². The summed E-state index contributed by atoms with van der Waals surface area (Å²) in [7, 11) is 0. The summed E-state index contributed by atoms with van der Waals surface area (Å²) in [5.41, 5.74) is 1.90. The maximum Gasteiger partial charge on any atom is 0.191 e. The normalized spacial score (nSPS) is 11.6. The van der Waals surface area contributed by atoms with E-state index in [1.165, 1.54) is 0 Å². The van der Waals surface area contributed by atoms with Crippen LogP contribution in [0.3, 0.4) is 0 Å². The van der Waals surface area contributed by atoms with Crippen molar-refractivity contribution in [2.75, 3.05) is 24.5 Å². The van der Waals surface area contributed by atoms with Gasteiger partial charge in [-0.3, -0.25) is 4.40 Å². The van der Waals surface area contributed by atoms with Gasteiger partial charge < -0.3 is 15.5 Å². The molecule has 0 spiro atoms. The molecule has 0 radical (unpaired) electrons. The maximum atomic E-state index is 4.66. The average Bonchev–Trinajstić information content (AvgIpc) is 3.15. The summed E-state index contributed by atoms with van der Waals surface area (Å²) in [6.45, 7) is 10.1. The van der Waals surface area contributed by atoms with E-state index in [0.29, 0.717) is 13.1 Å². The molecule has 3 rings (SSSR count). The lowest BCUT2D eigenvalue weighted by Crippen LogP contribution is -2.37. The molecule has 0 amide bonds. The molecule has 3 aromatic rings. The first-order valence-corrected chi connectivity index (χ1v) is 9.75. The zero-order valence-electron chi connectivity index (χ0n) is 16.8. The number of nitrogens with zero attached hydrogens (tertiary/aromatic N) is 6. The lowest BCUT2D eigenvalue weighted by Gasteiger charge is -2.19. The minimum atomic E-state index is 0.538. The van der Waals surface area contributed by atoms with E-state index in [1.807, 2.05) is 41.9 Å². The van der Waals surface area contributed by atoms with Gasteiger partial charge in [0.1, 0.15) is 5.82 Å². The number of hydrogen-bond acceptors (Lipinski definition) is 5. The van der Waals surface area contributed by atoms with E-state index in [9.17, 15) is 0 Å². The third kappa shape index (κ3) is 4.76. The Hall–Kier alpha value is -3.16. The molecular weight excluding hydrogens is 352 g/mol. The van der Waals surface area contributed by atoms with E-state index in [-0.39, 0.29) is 0 Å². The Balaban J connectivity index is 1.64. The largest absolute Gasteiger partial charge is 0.357 e. The number of rotatable bonds is 8. The number of aliphatic imine (C=N–C) groups is 1. The van der Waals surface area contributed by atoms with Gasteiger partial charge in [-0.25, -0.2) is 9.98 Å². The van der Waals surface area contributed by atoms with Crippen molar-refractivity contribution in [2.45, 2.75) is 33.9 Å². The van der Waals surface area contributed by atoms with Gasteiger partial charge >= 0.3 is 0 Å². The minimum Gasteiger partial charge on any atom is -0.357 e. The van der Waals surface area contributed by atoms with E-state index in [0.717, 1.165) is 48.4 Å². The maximum absolute atomic E-state index is 4.66. The monoisotopic (exact) mass is 380 g/mol. The first kappa shape index (κ1) is 19.6. The second kappa shape index (κ2) is 9.68. The molecule has 2 N–H and O–H groups in total. The number of pyridine rings is 2. The number of guanidine groups is 1. The van der Waals surface area contributed by atoms with Gasteiger partial charge in [-0.05, 0) is 44.5 Å². The molecule has 0 saturated heterocycles. The summed E-state index contributed by atoms with van der Waals surface area (Å²) < 4.78 is 1.96. The van der Waals surface area contributed by atoms with Crippen LogP contribution >= 0.6 is 0 Å². The predicted molar refractivity (Wildman–Crippen MR) is 112 cm³/mol. The second-order valence-corrected chi connectivity index (χ2v) is 6.29. The second-order valence-electron chi connectivity index (χ2n) is 6.29. The van der Waals surface area contributed by atoms with Crippen molar-refractivity contribution in [2.24, 2.45) is 4.99 Å². The van der Waals surface area contributed by atoms with Crippen LogP contribution in [0.2, 0.25) is 0 Å². The van der Waals surface area contributed by atoms with Gasteiger partial charge in [0.2, 0.25) is 0 Å². The molecule has 8 nitrogen and oxygen atoms in total. The third-order valence-electron chi connectivity index (χ3n) is 4.46. The summed E-state index contributed by atoms with van der Waals surface area (Å²) in [6, 6.07) is 9.99. The zero-order chi connectivity index (χ0) is 19.8. The van der Waals surface area contributed by atoms with Crippen molar-refractivity contribution in [3.8, 4) is 0 Å². The Morgan fingerprint density at radius 1 is 1.07 bits per heavy atom. The molecule has 0 aliphatic heterocycles. The molecule has 0 aliphatic rings. The molecule has 28 heavy (non-hydrogen) atoms. The van der Waals surface area contributed by atoms with Crippen molar-refractivity contribution in [3.63, 3.8) is 0 Å². The van der Waals surface area contributed by atoms with Crippen LogP contribution in [0.25, 0.3) is 5.65 Å². The van der Waals surface area contributed by atoms with E-state index in [2.05, 4.69) is 61.7 Å². The molecule has 8 heteroatoms. The van der Waals surface area contributed by atoms with E-state index >= 15 is 0 Å². The fourth-order valence-corrected chi connectivity index (χ4v) is 2.93. The number of hydrogen-bond donors (Lipinski definition) is 2. The minimum absolute atomic E-state index is 0.538. The molecular formula is C20H28N8. The van der Waals surface area contributed by atoms with Crippen LogP contribution in [-0.4, -0.2) is 45.2 Å². The molecule has 0 bridgehead atoms. The van der Waals surface area contributed by atoms with Crippen molar-refractivity contribution in [1.82, 2.24) is 30.2 Å². The number of nitrogens with one attached hydrogen (secondary N) is 2. The summed E-state index contributed by atoms with van der Waals surface area (Å²) in [4.78, 5) is 11.4. The van der Waals surface area contributed by atoms with Crippen LogP contribution < -0.4 is 15.5 Å². The zero-order valence-corrected chi connectivity index (χ0v) is 16.8. The number of aromatic nitrogens is 4. The van der Waals surface area contributed by atoms with Gasteiger partial charge in [-0.2, -0.15) is 0 Å². The third-order valence-corrected chi connectivity index (χ3v) is 4.46. The first-order valence-electron chi connectivity index (χ1n) is 9.75. The van der Waals surface area contributed by atoms with Crippen LogP contribution in [0.1, 0.15) is 32.2 Å². The fraction of sp³-hybridized carbons (Fsp3) is 0.400. The van der Waals surface area contributed by atoms with Gasteiger partial charge in [0.05, 0.1) is 13.1 Å². The fourth-order valence-electron chi connectivity index (χ4n) is 2.93. The quantitative estimate of drug-likeness (QED) is 0.461. The molecule has 0 aliphatic carbocycles. The highest BCUT2D eigenvalue weighted by atomic mass is 15.3. The molecule has 0 fully saturated rings. The summed E-state index contributed by atoms with van der Waals surface area (Å²) in [5.74, 6) is 2.58. The van der Waals surface area contributed by atoms with E-state index in [1.54, 1.807) is 0 Å². The van der Waals surface area contributed by atoms with Crippen LogP contribution in [0, 0.1) is 0 Å². The molecule has 3 heterocycles. The summed E-state index contributed by atoms with van der Waals surface area (Å²) in [5, 5.41) is 15.0. The lowest BCUT2D eigenvalue weighted by molar-refractivity contribution is 0.765. The predicted octanol–water partition coefficient (Wildman–Crippen LogP) is 2.23. The Kier molecular flexibility index (Phi) is 6.78. The summed E-state index contributed by atoms with van der Waals surface area (Å²) in [6.07, 6.45) is 3.85. The van der Waals surface area contributed by atoms with Crippen LogP contribution in [0.5, 0.6) is 0 Å². The lowest BCUT2D eigenvalue weighted by atomic mass is 10.3. The van der Waals surface area contributed by atoms with Crippen molar-refractivity contribution >= 4 is 17.4 Å². The van der Waals surface area contributed by atoms with Gasteiger partial charge in [0.25, 0.3) is 0 Å². The van der Waals surface area contributed by atoms with Crippen LogP contribution in [0.4, 0.5) is 5.82 Å². The Morgan fingerprint density at radius 3 is 2.64 bits per heavy atom. The number of anilines is 1. The Labute approximate surface area is 165 Å². The van der Waals surface area contributed by atoms with Crippen LogP contribution in [-0.2, 0) is 13.1 Å². The Morgan fingerprint density at radius 2 is 1.93 bits per heavy atom. The molecule has 0 aromatic carbocycles. The molecule has 3 aromatic heterocycles. The number of fused-ring (bicyclic) bond motifs is 1. The highest BCUT2D eigenvalue weighted by Crippen LogP contribution is 2.11. The molecule has 0 atom stereocenters. The van der Waals surface area contributed by atoms with Gasteiger partial charge in [0, 0.05) is 32.0 Å². The Bertz CT molecular complexity index is 896. The van der Waals surface area contributed by atoms with E-state index in [4.69, 9.17) is 0 Å². The molecule has 0 unspecified atom stereocenters. The SMILES string of the molecule is CCNC(=NCc1ccc(N(CC)CC)nc1)NCc1nnc2ccccn12. The van der Waals surface area contributed by atoms with Crippen molar-refractivity contribution in [3.05, 3.63) is 54.1 Å². The van der Waals surface area contributed by atoms with E-state index < -0.39 is 0 Å². The average molecular weight is 381 g/mol.